The van der Waals surface area contributed by atoms with Crippen LogP contribution in [-0.2, 0) is 16.0 Å². The quantitative estimate of drug-likeness (QED) is 0.469. The van der Waals surface area contributed by atoms with Crippen molar-refractivity contribution in [1.82, 2.24) is 0 Å². The topological polar surface area (TPSA) is 76.8 Å². The third kappa shape index (κ3) is 4.03. The molecule has 4 rings (SSSR count). The van der Waals surface area contributed by atoms with Crippen molar-refractivity contribution >= 4 is 23.3 Å². The van der Waals surface area contributed by atoms with Gasteiger partial charge in [-0.15, -0.1) is 0 Å². The number of Topliss-reactive ketones (excluding diaryl/α,β-unsaturated/α-hetero) is 1. The van der Waals surface area contributed by atoms with Crippen LogP contribution in [0.1, 0.15) is 39.8 Å². The van der Waals surface area contributed by atoms with Crippen LogP contribution in [0.3, 0.4) is 0 Å². The molecular weight excluding hydrogens is 382 g/mol. The van der Waals surface area contributed by atoms with Crippen LogP contribution in [0.15, 0.2) is 65.1 Å². The second-order valence-corrected chi connectivity index (χ2v) is 7.15. The van der Waals surface area contributed by atoms with Crippen molar-refractivity contribution in [3.05, 3.63) is 77.6 Å². The summed E-state index contributed by atoms with van der Waals surface area (Å²) in [5, 5.41) is 0. The number of para-hydroxylation sites is 1. The fourth-order valence-electron chi connectivity index (χ4n) is 3.54. The highest BCUT2D eigenvalue weighted by atomic mass is 16.5. The first kappa shape index (κ1) is 19.6. The zero-order chi connectivity index (χ0) is 21.1. The first-order valence-electron chi connectivity index (χ1n) is 9.79. The van der Waals surface area contributed by atoms with Gasteiger partial charge in [-0.3, -0.25) is 9.59 Å². The number of hydrogen-bond acceptors (Lipinski definition) is 5. The van der Waals surface area contributed by atoms with Gasteiger partial charge >= 0.3 is 5.97 Å². The van der Waals surface area contributed by atoms with Crippen molar-refractivity contribution < 1.29 is 23.5 Å². The van der Waals surface area contributed by atoms with Crippen LogP contribution in [-0.4, -0.2) is 30.8 Å². The lowest BCUT2D eigenvalue weighted by atomic mass is 10.0. The van der Waals surface area contributed by atoms with Crippen LogP contribution < -0.4 is 4.90 Å². The molecule has 0 aliphatic carbocycles. The van der Waals surface area contributed by atoms with Gasteiger partial charge in [0.1, 0.15) is 5.76 Å². The minimum absolute atomic E-state index is 0.0208. The molecule has 0 saturated heterocycles. The zero-order valence-corrected chi connectivity index (χ0v) is 16.6. The van der Waals surface area contributed by atoms with Crippen LogP contribution in [0.4, 0.5) is 5.69 Å². The number of anilines is 1. The van der Waals surface area contributed by atoms with Gasteiger partial charge in [-0.2, -0.15) is 0 Å². The van der Waals surface area contributed by atoms with E-state index in [4.69, 9.17) is 9.15 Å². The maximum atomic E-state index is 12.6. The van der Waals surface area contributed by atoms with Gasteiger partial charge in [0.15, 0.2) is 12.4 Å². The predicted octanol–water partition coefficient (Wildman–Crippen LogP) is 4.29. The molecule has 0 spiro atoms. The zero-order valence-electron chi connectivity index (χ0n) is 16.6. The number of carbonyl (C=O) groups is 3. The van der Waals surface area contributed by atoms with Crippen LogP contribution in [0.5, 0.6) is 0 Å². The third-order valence-corrected chi connectivity index (χ3v) is 5.12. The Hall–Kier alpha value is -3.67. The van der Waals surface area contributed by atoms with Crippen LogP contribution in [0.2, 0.25) is 0 Å². The number of rotatable bonds is 5. The number of ether oxygens (including phenoxy) is 1. The molecule has 0 N–H and O–H groups in total. The van der Waals surface area contributed by atoms with Crippen LogP contribution in [0, 0.1) is 0 Å². The summed E-state index contributed by atoms with van der Waals surface area (Å²) in [6.45, 7) is 1.75. The predicted molar refractivity (Wildman–Crippen MR) is 112 cm³/mol. The molecular formula is C24H21NO5. The molecule has 1 amide bonds. The van der Waals surface area contributed by atoms with E-state index in [1.54, 1.807) is 35.2 Å². The molecule has 1 aliphatic heterocycles. The van der Waals surface area contributed by atoms with Crippen molar-refractivity contribution in [2.75, 3.05) is 18.1 Å². The van der Waals surface area contributed by atoms with E-state index in [0.717, 1.165) is 29.7 Å². The maximum absolute atomic E-state index is 12.6. The first-order valence-corrected chi connectivity index (χ1v) is 9.79. The van der Waals surface area contributed by atoms with Gasteiger partial charge in [0, 0.05) is 23.4 Å². The third-order valence-electron chi connectivity index (χ3n) is 5.12. The molecule has 2 heterocycles. The van der Waals surface area contributed by atoms with Crippen molar-refractivity contribution in [2.24, 2.45) is 0 Å². The summed E-state index contributed by atoms with van der Waals surface area (Å²) in [6.07, 6.45) is 1.81. The summed E-state index contributed by atoms with van der Waals surface area (Å²) in [4.78, 5) is 38.0. The second-order valence-electron chi connectivity index (χ2n) is 7.15. The summed E-state index contributed by atoms with van der Waals surface area (Å²) < 4.78 is 10.8. The number of benzene rings is 2. The van der Waals surface area contributed by atoms with Gasteiger partial charge in [0.05, 0.1) is 0 Å². The number of hydrogen-bond donors (Lipinski definition) is 0. The molecule has 3 aromatic rings. The Labute approximate surface area is 174 Å². The molecule has 1 aromatic heterocycles. The Morgan fingerprint density at radius 1 is 1.00 bits per heavy atom. The molecule has 30 heavy (non-hydrogen) atoms. The van der Waals surface area contributed by atoms with Crippen molar-refractivity contribution in [2.45, 2.75) is 19.8 Å². The molecule has 6 heteroatoms. The molecule has 0 bridgehead atoms. The fraction of sp³-hybridized carbons (Fsp3) is 0.208. The van der Waals surface area contributed by atoms with Gasteiger partial charge in [-0.05, 0) is 43.5 Å². The monoisotopic (exact) mass is 403 g/mol. The van der Waals surface area contributed by atoms with E-state index in [-0.39, 0.29) is 24.1 Å². The average Bonchev–Trinajstić information content (AvgIpc) is 3.27. The van der Waals surface area contributed by atoms with E-state index in [1.165, 1.54) is 13.0 Å². The minimum atomic E-state index is -0.694. The number of carbonyl (C=O) groups excluding carboxylic acids is 3. The highest BCUT2D eigenvalue weighted by Crippen LogP contribution is 2.27. The Balaban J connectivity index is 1.39. The Bertz CT molecular complexity index is 1100. The van der Waals surface area contributed by atoms with Crippen molar-refractivity contribution in [3.63, 3.8) is 0 Å². The molecule has 6 nitrogen and oxygen atoms in total. The van der Waals surface area contributed by atoms with Gasteiger partial charge in [0.25, 0.3) is 5.91 Å². The van der Waals surface area contributed by atoms with E-state index < -0.39 is 5.97 Å². The lowest BCUT2D eigenvalue weighted by Gasteiger charge is -2.29. The Morgan fingerprint density at radius 2 is 1.77 bits per heavy atom. The lowest BCUT2D eigenvalue weighted by Crippen LogP contribution is -2.38. The highest BCUT2D eigenvalue weighted by Gasteiger charge is 2.24. The normalized spacial score (nSPS) is 12.9. The average molecular weight is 403 g/mol. The maximum Gasteiger partial charge on any atom is 0.374 e. The molecule has 0 radical (unpaired) electrons. The molecule has 0 saturated carbocycles. The Morgan fingerprint density at radius 3 is 2.53 bits per heavy atom. The first-order chi connectivity index (χ1) is 14.5. The van der Waals surface area contributed by atoms with E-state index in [0.29, 0.717) is 17.9 Å². The summed E-state index contributed by atoms with van der Waals surface area (Å²) in [7, 11) is 0. The van der Waals surface area contributed by atoms with Gasteiger partial charge in [0.2, 0.25) is 5.76 Å². The smallest absolute Gasteiger partial charge is 0.374 e. The molecule has 0 atom stereocenters. The number of esters is 1. The number of nitrogens with zero attached hydrogens (tertiary/aromatic N) is 1. The molecule has 1 aliphatic rings. The largest absolute Gasteiger partial charge is 0.450 e. The van der Waals surface area contributed by atoms with E-state index >= 15 is 0 Å². The van der Waals surface area contributed by atoms with E-state index in [2.05, 4.69) is 0 Å². The standard InChI is InChI=1S/C24H21NO5/c1-16(26)17-8-10-19(11-9-17)21-12-13-22(30-21)24(28)29-15-23(27)25-14-4-6-18-5-2-3-7-20(18)25/h2-3,5,7-13H,4,6,14-15H2,1H3. The summed E-state index contributed by atoms with van der Waals surface area (Å²) in [5.74, 6) is -0.477. The van der Waals surface area contributed by atoms with Crippen molar-refractivity contribution in [1.29, 1.82) is 0 Å². The van der Waals surface area contributed by atoms with Gasteiger partial charge in [-0.25, -0.2) is 4.79 Å². The number of amides is 1. The Kier molecular flexibility index (Phi) is 5.48. The molecule has 152 valence electrons. The lowest BCUT2D eigenvalue weighted by molar-refractivity contribution is -0.121. The van der Waals surface area contributed by atoms with Crippen LogP contribution >= 0.6 is 0 Å². The number of ketones is 1. The van der Waals surface area contributed by atoms with E-state index in [9.17, 15) is 14.4 Å². The molecule has 0 fully saturated rings. The number of furan rings is 1. The molecule has 0 unspecified atom stereocenters. The van der Waals surface area contributed by atoms with E-state index in [1.807, 2.05) is 24.3 Å². The minimum Gasteiger partial charge on any atom is -0.450 e. The fourth-order valence-corrected chi connectivity index (χ4v) is 3.54. The van der Waals surface area contributed by atoms with Crippen molar-refractivity contribution in [3.8, 4) is 11.3 Å². The second kappa shape index (κ2) is 8.37. The summed E-state index contributed by atoms with van der Waals surface area (Å²) in [6, 6.07) is 17.8. The molecule has 2 aromatic carbocycles. The SMILES string of the molecule is CC(=O)c1ccc(-c2ccc(C(=O)OCC(=O)N3CCCc4ccccc43)o2)cc1. The van der Waals surface area contributed by atoms with Crippen LogP contribution in [0.25, 0.3) is 11.3 Å². The number of aryl methyl sites for hydroxylation is 1. The summed E-state index contributed by atoms with van der Waals surface area (Å²) in [5.41, 5.74) is 3.33. The van der Waals surface area contributed by atoms with Gasteiger partial charge in [-0.1, -0.05) is 42.5 Å². The number of fused-ring (bicyclic) bond motifs is 1. The highest BCUT2D eigenvalue weighted by molar-refractivity contribution is 5.97. The summed E-state index contributed by atoms with van der Waals surface area (Å²) >= 11 is 0. The van der Waals surface area contributed by atoms with Gasteiger partial charge < -0.3 is 14.1 Å².